The molecule has 4 heterocycles. The molecule has 36 heavy (non-hydrogen) atoms. The average molecular weight is 603 g/mol. The monoisotopic (exact) mass is 602 g/mol. The first-order chi connectivity index (χ1) is 17.3. The quantitative estimate of drug-likeness (QED) is 0.315. The Morgan fingerprint density at radius 3 is 1.56 bits per heavy atom. The third kappa shape index (κ3) is 6.89. The lowest BCUT2D eigenvalue weighted by Crippen LogP contribution is -2.32. The number of hydrogen-bond acceptors (Lipinski definition) is 12. The van der Waals surface area contributed by atoms with E-state index in [1.165, 1.54) is 33.3 Å². The van der Waals surface area contributed by atoms with Gasteiger partial charge in [0.15, 0.2) is 10.3 Å². The summed E-state index contributed by atoms with van der Waals surface area (Å²) in [5, 5.41) is 6.79. The van der Waals surface area contributed by atoms with Gasteiger partial charge in [-0.05, 0) is 12.8 Å². The van der Waals surface area contributed by atoms with Gasteiger partial charge in [0.05, 0.1) is 22.9 Å². The Hall–Kier alpha value is -1.46. The van der Waals surface area contributed by atoms with Crippen LogP contribution in [0.25, 0.3) is 0 Å². The van der Waals surface area contributed by atoms with Gasteiger partial charge in [0.2, 0.25) is 11.8 Å². The van der Waals surface area contributed by atoms with E-state index in [2.05, 4.69) is 20.6 Å². The van der Waals surface area contributed by atoms with Crippen LogP contribution >= 0.6 is 71.5 Å². The van der Waals surface area contributed by atoms with Crippen LogP contribution in [0.15, 0.2) is 19.8 Å². The van der Waals surface area contributed by atoms with E-state index >= 15 is 0 Å². The van der Waals surface area contributed by atoms with Crippen molar-refractivity contribution < 1.29 is 19.2 Å². The minimum absolute atomic E-state index is 0.155. The van der Waals surface area contributed by atoms with Gasteiger partial charge >= 0.3 is 0 Å². The van der Waals surface area contributed by atoms with Crippen molar-refractivity contribution in [1.29, 1.82) is 0 Å². The Labute approximate surface area is 235 Å². The third-order valence-corrected chi connectivity index (χ3v) is 9.95. The maximum absolute atomic E-state index is 13.0. The minimum Gasteiger partial charge on any atom is -0.305 e. The SMILES string of the molecule is O=C(CCCN1C(=O)/C(=C2\SC(=S)N(CCCC(=O)NC3=NCCS3)C2=O)SC1=S)NC1=NCCS1. The topological polar surface area (TPSA) is 124 Å². The number of nitrogens with zero attached hydrogens (tertiary/aromatic N) is 4. The molecule has 0 radical (unpaired) electrons. The normalized spacial score (nSPS) is 22.0. The van der Waals surface area contributed by atoms with E-state index in [0.717, 1.165) is 35.0 Å². The largest absolute Gasteiger partial charge is 0.305 e. The predicted octanol–water partition coefficient (Wildman–Crippen LogP) is 1.92. The number of hydrogen-bond donors (Lipinski definition) is 2. The summed E-state index contributed by atoms with van der Waals surface area (Å²) in [7, 11) is 0. The van der Waals surface area contributed by atoms with Gasteiger partial charge in [-0.15, -0.1) is 0 Å². The second-order valence-electron chi connectivity index (χ2n) is 7.68. The molecule has 0 aromatic heterocycles. The molecule has 0 aliphatic carbocycles. The molecule has 16 heteroatoms. The van der Waals surface area contributed by atoms with Gasteiger partial charge in [0, 0.05) is 37.4 Å². The molecule has 2 N–H and O–H groups in total. The first-order valence-corrected chi connectivity index (χ1v) is 15.5. The highest BCUT2D eigenvalue weighted by molar-refractivity contribution is 8.29. The lowest BCUT2D eigenvalue weighted by molar-refractivity contribution is -0.125. The molecule has 4 rings (SSSR count). The zero-order valence-electron chi connectivity index (χ0n) is 18.9. The zero-order chi connectivity index (χ0) is 25.7. The Balaban J connectivity index is 1.27. The molecule has 10 nitrogen and oxygen atoms in total. The first kappa shape index (κ1) is 27.6. The van der Waals surface area contributed by atoms with Crippen molar-refractivity contribution in [2.24, 2.45) is 9.98 Å². The molecule has 0 saturated carbocycles. The van der Waals surface area contributed by atoms with E-state index in [9.17, 15) is 19.2 Å². The molecule has 2 saturated heterocycles. The van der Waals surface area contributed by atoms with E-state index < -0.39 is 0 Å². The molecule has 0 unspecified atom stereocenters. The van der Waals surface area contributed by atoms with E-state index in [1.54, 1.807) is 0 Å². The lowest BCUT2D eigenvalue weighted by atomic mass is 10.2. The predicted molar refractivity (Wildman–Crippen MR) is 155 cm³/mol. The summed E-state index contributed by atoms with van der Waals surface area (Å²) < 4.78 is 0.696. The second-order valence-corrected chi connectivity index (χ2v) is 13.1. The van der Waals surface area contributed by atoms with E-state index in [1.807, 2.05) is 0 Å². The Morgan fingerprint density at radius 1 is 0.778 bits per heavy atom. The summed E-state index contributed by atoms with van der Waals surface area (Å²) in [4.78, 5) is 62.0. The van der Waals surface area contributed by atoms with Gasteiger partial charge in [-0.3, -0.25) is 39.0 Å². The summed E-state index contributed by atoms with van der Waals surface area (Å²) in [6.07, 6.45) is 1.32. The summed E-state index contributed by atoms with van der Waals surface area (Å²) in [6, 6.07) is 0. The van der Waals surface area contributed by atoms with Crippen LogP contribution in [-0.4, -0.2) is 90.1 Å². The van der Waals surface area contributed by atoms with Gasteiger partial charge in [0.1, 0.15) is 8.64 Å². The molecule has 0 bridgehead atoms. The highest BCUT2D eigenvalue weighted by atomic mass is 32.2. The molecular formula is C20H22N6O4S6. The van der Waals surface area contributed by atoms with Gasteiger partial charge in [-0.1, -0.05) is 71.5 Å². The van der Waals surface area contributed by atoms with Gasteiger partial charge in [0.25, 0.3) is 11.8 Å². The number of amides is 4. The Bertz CT molecular complexity index is 1020. The molecular weight excluding hydrogens is 581 g/mol. The van der Waals surface area contributed by atoms with Crippen LogP contribution in [-0.2, 0) is 19.2 Å². The molecule has 4 amide bonds. The van der Waals surface area contributed by atoms with Gasteiger partial charge in [-0.25, -0.2) is 0 Å². The first-order valence-electron chi connectivity index (χ1n) is 11.1. The van der Waals surface area contributed by atoms with Crippen molar-refractivity contribution in [3.63, 3.8) is 0 Å². The van der Waals surface area contributed by atoms with Crippen LogP contribution in [0, 0.1) is 0 Å². The van der Waals surface area contributed by atoms with Crippen molar-refractivity contribution in [2.75, 3.05) is 37.7 Å². The molecule has 192 valence electrons. The highest BCUT2D eigenvalue weighted by Gasteiger charge is 2.41. The van der Waals surface area contributed by atoms with Gasteiger partial charge in [-0.2, -0.15) is 0 Å². The highest BCUT2D eigenvalue weighted by Crippen LogP contribution is 2.42. The van der Waals surface area contributed by atoms with Crippen LogP contribution in [0.4, 0.5) is 0 Å². The van der Waals surface area contributed by atoms with Gasteiger partial charge < -0.3 is 10.6 Å². The van der Waals surface area contributed by atoms with Crippen LogP contribution in [0.3, 0.4) is 0 Å². The van der Waals surface area contributed by atoms with E-state index in [0.29, 0.717) is 44.9 Å². The number of carbonyl (C=O) groups is 4. The molecule has 0 aromatic rings. The summed E-state index contributed by atoms with van der Waals surface area (Å²) in [6.45, 7) is 1.96. The number of thiocarbonyl (C=S) groups is 2. The molecule has 4 aliphatic heterocycles. The van der Waals surface area contributed by atoms with Crippen molar-refractivity contribution in [2.45, 2.75) is 25.7 Å². The molecule has 0 aromatic carbocycles. The molecule has 0 atom stereocenters. The van der Waals surface area contributed by atoms with Crippen LogP contribution in [0.5, 0.6) is 0 Å². The van der Waals surface area contributed by atoms with Crippen molar-refractivity contribution in [3.8, 4) is 0 Å². The lowest BCUT2D eigenvalue weighted by Gasteiger charge is -2.14. The third-order valence-electron chi connectivity index (χ3n) is 5.14. The maximum atomic E-state index is 13.0. The fraction of sp³-hybridized carbons (Fsp3) is 0.500. The van der Waals surface area contributed by atoms with Crippen molar-refractivity contribution in [1.82, 2.24) is 20.4 Å². The number of carbonyl (C=O) groups excluding carboxylic acids is 4. The smallest absolute Gasteiger partial charge is 0.267 e. The zero-order valence-corrected chi connectivity index (χ0v) is 23.8. The van der Waals surface area contributed by atoms with Crippen LogP contribution < -0.4 is 10.6 Å². The van der Waals surface area contributed by atoms with Crippen molar-refractivity contribution in [3.05, 3.63) is 9.81 Å². The Kier molecular flexibility index (Phi) is 9.85. The summed E-state index contributed by atoms with van der Waals surface area (Å²) in [5.74, 6) is 0.717. The molecule has 2 fully saturated rings. The summed E-state index contributed by atoms with van der Waals surface area (Å²) in [5.41, 5.74) is 0. The van der Waals surface area contributed by atoms with Crippen molar-refractivity contribution >= 4 is 114 Å². The second kappa shape index (κ2) is 12.9. The van der Waals surface area contributed by atoms with E-state index in [4.69, 9.17) is 24.4 Å². The molecule has 0 spiro atoms. The number of rotatable bonds is 8. The van der Waals surface area contributed by atoms with Crippen LogP contribution in [0.1, 0.15) is 25.7 Å². The van der Waals surface area contributed by atoms with E-state index in [-0.39, 0.29) is 59.4 Å². The maximum Gasteiger partial charge on any atom is 0.267 e. The fourth-order valence-corrected chi connectivity index (χ4v) is 7.70. The number of amidine groups is 2. The van der Waals surface area contributed by atoms with Crippen LogP contribution in [0.2, 0.25) is 0 Å². The molecule has 4 aliphatic rings. The Morgan fingerprint density at radius 2 is 1.19 bits per heavy atom. The number of aliphatic imine (C=N–C) groups is 2. The standard InChI is InChI=1S/C20H22N6O4S6/c27-11(23-17-21-5-9-33-17)3-1-7-25-15(29)13(35-19(25)31)14-16(30)26(20(32)36-14)8-2-4-12(28)24-18-22-6-10-34-18/h1-10H2,(H,21,23,27)(H,22,24,28)/b14-13+. The minimum atomic E-state index is -0.351. The summed E-state index contributed by atoms with van der Waals surface area (Å²) >= 11 is 15.9. The fourth-order valence-electron chi connectivity index (χ4n) is 3.44. The number of nitrogens with one attached hydrogen (secondary N) is 2. The average Bonchev–Trinajstić information content (AvgIpc) is 3.63. The number of thioether (sulfide) groups is 4.